The molecule has 0 spiro atoms. The molecule has 0 aliphatic rings. The topological polar surface area (TPSA) is 21.3 Å². The molecule has 2 unspecified atom stereocenters. The smallest absolute Gasteiger partial charge is 0.0963 e. The maximum Gasteiger partial charge on any atom is 0.0963 e. The Balaban J connectivity index is 2.82. The Bertz CT molecular complexity index is 341. The van der Waals surface area contributed by atoms with Crippen molar-refractivity contribution in [1.29, 1.82) is 0 Å². The zero-order chi connectivity index (χ0) is 12.8. The van der Waals surface area contributed by atoms with Crippen LogP contribution >= 0.6 is 15.9 Å². The van der Waals surface area contributed by atoms with Crippen LogP contribution in [0, 0.1) is 5.92 Å². The van der Waals surface area contributed by atoms with Crippen molar-refractivity contribution in [2.75, 3.05) is 13.6 Å². The first-order valence-corrected chi connectivity index (χ1v) is 6.90. The van der Waals surface area contributed by atoms with Gasteiger partial charge in [-0.25, -0.2) is 0 Å². The molecule has 1 rings (SSSR count). The fourth-order valence-electron chi connectivity index (χ4n) is 1.57. The van der Waals surface area contributed by atoms with E-state index in [1.807, 2.05) is 19.2 Å². The molecule has 1 aromatic carbocycles. The largest absolute Gasteiger partial charge is 0.369 e. The summed E-state index contributed by atoms with van der Waals surface area (Å²) < 4.78 is 7.23. The summed E-state index contributed by atoms with van der Waals surface area (Å²) in [5.41, 5.74) is 1.20. The number of likely N-dealkylation sites (N-methyl/N-ethyl adjacent to an activating group) is 1. The molecule has 0 fully saturated rings. The van der Waals surface area contributed by atoms with E-state index in [-0.39, 0.29) is 12.2 Å². The zero-order valence-electron chi connectivity index (χ0n) is 11.0. The molecule has 0 aliphatic heterocycles. The Hall–Kier alpha value is -0.380. The summed E-state index contributed by atoms with van der Waals surface area (Å²) in [6.07, 6.45) is 0.341. The first-order chi connectivity index (χ1) is 8.06. The third-order valence-corrected chi connectivity index (χ3v) is 3.68. The molecule has 2 nitrogen and oxygen atoms in total. The second-order valence-electron chi connectivity index (χ2n) is 4.65. The summed E-state index contributed by atoms with van der Waals surface area (Å²) in [5.74, 6) is 0.525. The third-order valence-electron chi connectivity index (χ3n) is 2.96. The molecule has 0 bridgehead atoms. The average Bonchev–Trinajstić information content (AvgIpc) is 2.29. The van der Waals surface area contributed by atoms with E-state index in [4.69, 9.17) is 4.74 Å². The van der Waals surface area contributed by atoms with Crippen LogP contribution in [0.1, 0.15) is 32.4 Å². The fraction of sp³-hybridized carbons (Fsp3) is 0.571. The van der Waals surface area contributed by atoms with Gasteiger partial charge in [0.05, 0.1) is 12.2 Å². The summed E-state index contributed by atoms with van der Waals surface area (Å²) in [7, 11) is 1.95. The minimum Gasteiger partial charge on any atom is -0.369 e. The number of benzene rings is 1. The van der Waals surface area contributed by atoms with E-state index < -0.39 is 0 Å². The summed E-state index contributed by atoms with van der Waals surface area (Å²) in [6.45, 7) is 7.31. The minimum atomic E-state index is 0.0907. The van der Waals surface area contributed by atoms with Crippen molar-refractivity contribution < 1.29 is 4.74 Å². The van der Waals surface area contributed by atoms with Crippen LogP contribution in [0.3, 0.4) is 0 Å². The van der Waals surface area contributed by atoms with Crippen molar-refractivity contribution in [2.24, 2.45) is 5.92 Å². The van der Waals surface area contributed by atoms with Crippen LogP contribution in [0.2, 0.25) is 0 Å². The highest BCUT2D eigenvalue weighted by Crippen LogP contribution is 2.27. The van der Waals surface area contributed by atoms with Gasteiger partial charge in [0, 0.05) is 11.0 Å². The van der Waals surface area contributed by atoms with Crippen molar-refractivity contribution in [3.05, 3.63) is 34.3 Å². The number of hydrogen-bond donors (Lipinski definition) is 1. The van der Waals surface area contributed by atoms with Crippen LogP contribution in [-0.2, 0) is 4.74 Å². The Morgan fingerprint density at radius 2 is 1.88 bits per heavy atom. The van der Waals surface area contributed by atoms with E-state index >= 15 is 0 Å². The highest BCUT2D eigenvalue weighted by molar-refractivity contribution is 9.10. The molecule has 0 saturated heterocycles. The SMILES string of the molecule is CNCC(OC(C)C(C)C)c1ccccc1Br. The van der Waals surface area contributed by atoms with Gasteiger partial charge in [0.1, 0.15) is 0 Å². The van der Waals surface area contributed by atoms with E-state index in [1.54, 1.807) is 0 Å². The maximum atomic E-state index is 6.13. The standard InChI is InChI=1S/C14H22BrNO/c1-10(2)11(3)17-14(9-16-4)12-7-5-6-8-13(12)15/h5-8,10-11,14,16H,9H2,1-4H3. The van der Waals surface area contributed by atoms with E-state index in [9.17, 15) is 0 Å². The number of halogens is 1. The van der Waals surface area contributed by atoms with Crippen molar-refractivity contribution in [2.45, 2.75) is 33.0 Å². The van der Waals surface area contributed by atoms with Gasteiger partial charge in [0.25, 0.3) is 0 Å². The number of hydrogen-bond acceptors (Lipinski definition) is 2. The van der Waals surface area contributed by atoms with E-state index in [0.29, 0.717) is 5.92 Å². The van der Waals surface area contributed by atoms with Gasteiger partial charge in [0.15, 0.2) is 0 Å². The lowest BCUT2D eigenvalue weighted by Crippen LogP contribution is -2.26. The fourth-order valence-corrected chi connectivity index (χ4v) is 2.11. The normalized spacial score (nSPS) is 14.9. The van der Waals surface area contributed by atoms with Crippen LogP contribution in [0.4, 0.5) is 0 Å². The summed E-state index contributed by atoms with van der Waals surface area (Å²) in [4.78, 5) is 0. The molecule has 0 amide bonds. The molecule has 0 aromatic heterocycles. The molecule has 0 saturated carbocycles. The first-order valence-electron chi connectivity index (χ1n) is 6.10. The summed E-state index contributed by atoms with van der Waals surface area (Å²) >= 11 is 3.59. The number of ether oxygens (including phenoxy) is 1. The second-order valence-corrected chi connectivity index (χ2v) is 5.51. The summed E-state index contributed by atoms with van der Waals surface area (Å²) in [6, 6.07) is 8.24. The van der Waals surface area contributed by atoms with Crippen LogP contribution in [0.25, 0.3) is 0 Å². The Kier molecular flexibility index (Phi) is 6.17. The molecule has 96 valence electrons. The lowest BCUT2D eigenvalue weighted by molar-refractivity contribution is -0.0255. The lowest BCUT2D eigenvalue weighted by Gasteiger charge is -2.25. The molecule has 0 heterocycles. The highest BCUT2D eigenvalue weighted by atomic mass is 79.9. The molecular weight excluding hydrogens is 278 g/mol. The Labute approximate surface area is 113 Å². The number of nitrogens with one attached hydrogen (secondary N) is 1. The number of rotatable bonds is 6. The van der Waals surface area contributed by atoms with Crippen LogP contribution < -0.4 is 5.32 Å². The van der Waals surface area contributed by atoms with Gasteiger partial charge in [-0.1, -0.05) is 48.0 Å². The molecular formula is C14H22BrNO. The lowest BCUT2D eigenvalue weighted by atomic mass is 10.1. The van der Waals surface area contributed by atoms with Gasteiger partial charge in [-0.05, 0) is 31.5 Å². The van der Waals surface area contributed by atoms with Crippen LogP contribution in [0.15, 0.2) is 28.7 Å². The molecule has 2 atom stereocenters. The van der Waals surface area contributed by atoms with Gasteiger partial charge >= 0.3 is 0 Å². The van der Waals surface area contributed by atoms with E-state index in [1.165, 1.54) is 5.56 Å². The zero-order valence-corrected chi connectivity index (χ0v) is 12.6. The molecule has 1 aromatic rings. The molecule has 1 N–H and O–H groups in total. The van der Waals surface area contributed by atoms with Crippen molar-refractivity contribution >= 4 is 15.9 Å². The molecule has 0 radical (unpaired) electrons. The van der Waals surface area contributed by atoms with Crippen LogP contribution in [-0.4, -0.2) is 19.7 Å². The monoisotopic (exact) mass is 299 g/mol. The van der Waals surface area contributed by atoms with E-state index in [0.717, 1.165) is 11.0 Å². The second kappa shape index (κ2) is 7.14. The van der Waals surface area contributed by atoms with Crippen molar-refractivity contribution in [3.8, 4) is 0 Å². The van der Waals surface area contributed by atoms with Crippen molar-refractivity contribution in [1.82, 2.24) is 5.32 Å². The molecule has 3 heteroatoms. The minimum absolute atomic E-state index is 0.0907. The average molecular weight is 300 g/mol. The van der Waals surface area contributed by atoms with E-state index in [2.05, 4.69) is 54.2 Å². The van der Waals surface area contributed by atoms with Crippen LogP contribution in [0.5, 0.6) is 0 Å². The van der Waals surface area contributed by atoms with Gasteiger partial charge in [-0.3, -0.25) is 0 Å². The van der Waals surface area contributed by atoms with Gasteiger partial charge in [-0.2, -0.15) is 0 Å². The quantitative estimate of drug-likeness (QED) is 0.863. The van der Waals surface area contributed by atoms with Gasteiger partial charge < -0.3 is 10.1 Å². The predicted octanol–water partition coefficient (Wildman–Crippen LogP) is 3.77. The molecule has 0 aliphatic carbocycles. The third kappa shape index (κ3) is 4.41. The summed E-state index contributed by atoms with van der Waals surface area (Å²) in [5, 5.41) is 3.19. The molecule has 17 heavy (non-hydrogen) atoms. The van der Waals surface area contributed by atoms with Crippen molar-refractivity contribution in [3.63, 3.8) is 0 Å². The predicted molar refractivity (Wildman–Crippen MR) is 76.2 cm³/mol. The van der Waals surface area contributed by atoms with Gasteiger partial charge in [0.2, 0.25) is 0 Å². The maximum absolute atomic E-state index is 6.13. The Morgan fingerprint density at radius 1 is 1.24 bits per heavy atom. The Morgan fingerprint density at radius 3 is 2.41 bits per heavy atom. The first kappa shape index (κ1) is 14.7. The van der Waals surface area contributed by atoms with Gasteiger partial charge in [-0.15, -0.1) is 0 Å². The highest BCUT2D eigenvalue weighted by Gasteiger charge is 2.18.